The lowest BCUT2D eigenvalue weighted by Gasteiger charge is -2.29. The van der Waals surface area contributed by atoms with Gasteiger partial charge in [0.15, 0.2) is 0 Å². The number of rotatable bonds is 10. The van der Waals surface area contributed by atoms with Gasteiger partial charge in [0.2, 0.25) is 11.8 Å². The van der Waals surface area contributed by atoms with Gasteiger partial charge in [-0.2, -0.15) is 0 Å². The molecular formula is C24H31ClN2O3. The Hall–Kier alpha value is -2.53. The number of carbonyl (C=O) groups excluding carboxylic acids is 2. The van der Waals surface area contributed by atoms with Crippen LogP contribution >= 0.6 is 11.6 Å². The van der Waals surface area contributed by atoms with Gasteiger partial charge in [-0.3, -0.25) is 9.59 Å². The van der Waals surface area contributed by atoms with Crippen molar-refractivity contribution in [2.45, 2.75) is 59.2 Å². The second-order valence-electron chi connectivity index (χ2n) is 7.76. The molecule has 2 rings (SSSR count). The summed E-state index contributed by atoms with van der Waals surface area (Å²) >= 11 is 6.09. The van der Waals surface area contributed by atoms with Crippen molar-refractivity contribution in [3.8, 4) is 5.75 Å². The molecule has 162 valence electrons. The molecule has 2 aromatic carbocycles. The summed E-state index contributed by atoms with van der Waals surface area (Å²) in [6.07, 6.45) is 0.864. The SMILES string of the molecule is Cc1ccc(OCCCC(=O)N(Cc2cccc(Cl)c2)C(C)C(=O)NC(C)C)cc1. The van der Waals surface area contributed by atoms with Gasteiger partial charge in [0.25, 0.3) is 0 Å². The molecule has 0 spiro atoms. The first-order valence-electron chi connectivity index (χ1n) is 10.3. The van der Waals surface area contributed by atoms with Gasteiger partial charge in [-0.05, 0) is 63.9 Å². The molecule has 0 aliphatic heterocycles. The van der Waals surface area contributed by atoms with E-state index in [0.717, 1.165) is 11.3 Å². The van der Waals surface area contributed by atoms with Crippen molar-refractivity contribution >= 4 is 23.4 Å². The first-order chi connectivity index (χ1) is 14.3. The van der Waals surface area contributed by atoms with Crippen molar-refractivity contribution in [2.24, 2.45) is 0 Å². The third-order valence-corrected chi connectivity index (χ3v) is 4.90. The van der Waals surface area contributed by atoms with E-state index in [1.165, 1.54) is 5.56 Å². The number of amides is 2. The zero-order valence-electron chi connectivity index (χ0n) is 18.2. The molecule has 0 radical (unpaired) electrons. The van der Waals surface area contributed by atoms with Crippen molar-refractivity contribution in [2.75, 3.05) is 6.61 Å². The molecule has 0 aliphatic carbocycles. The maximum atomic E-state index is 13.0. The highest BCUT2D eigenvalue weighted by Crippen LogP contribution is 2.17. The lowest BCUT2D eigenvalue weighted by Crippen LogP contribution is -2.49. The average Bonchev–Trinajstić information content (AvgIpc) is 2.69. The lowest BCUT2D eigenvalue weighted by molar-refractivity contribution is -0.141. The summed E-state index contributed by atoms with van der Waals surface area (Å²) in [6.45, 7) is 8.33. The summed E-state index contributed by atoms with van der Waals surface area (Å²) < 4.78 is 5.72. The van der Waals surface area contributed by atoms with Crippen LogP contribution in [-0.4, -0.2) is 35.4 Å². The number of carbonyl (C=O) groups is 2. The number of nitrogens with zero attached hydrogens (tertiary/aromatic N) is 1. The highest BCUT2D eigenvalue weighted by atomic mass is 35.5. The summed E-state index contributed by atoms with van der Waals surface area (Å²) in [7, 11) is 0. The molecule has 0 saturated heterocycles. The van der Waals surface area contributed by atoms with Gasteiger partial charge >= 0.3 is 0 Å². The minimum atomic E-state index is -0.586. The van der Waals surface area contributed by atoms with Crippen LogP contribution in [-0.2, 0) is 16.1 Å². The fourth-order valence-corrected chi connectivity index (χ4v) is 3.22. The third kappa shape index (κ3) is 7.71. The zero-order chi connectivity index (χ0) is 22.1. The van der Waals surface area contributed by atoms with E-state index in [1.54, 1.807) is 17.9 Å². The van der Waals surface area contributed by atoms with Crippen LogP contribution < -0.4 is 10.1 Å². The number of ether oxygens (including phenoxy) is 1. The highest BCUT2D eigenvalue weighted by molar-refractivity contribution is 6.30. The number of benzene rings is 2. The Labute approximate surface area is 184 Å². The van der Waals surface area contributed by atoms with Gasteiger partial charge in [-0.15, -0.1) is 0 Å². The number of aryl methyl sites for hydroxylation is 1. The first kappa shape index (κ1) is 23.7. The predicted molar refractivity (Wildman–Crippen MR) is 121 cm³/mol. The van der Waals surface area contributed by atoms with Crippen LogP contribution in [0.4, 0.5) is 0 Å². The Balaban J connectivity index is 1.99. The molecule has 2 amide bonds. The number of halogens is 1. The van der Waals surface area contributed by atoms with Gasteiger partial charge in [-0.1, -0.05) is 41.4 Å². The van der Waals surface area contributed by atoms with Crippen molar-refractivity contribution < 1.29 is 14.3 Å². The molecular weight excluding hydrogens is 400 g/mol. The zero-order valence-corrected chi connectivity index (χ0v) is 18.9. The van der Waals surface area contributed by atoms with Crippen LogP contribution in [0.2, 0.25) is 5.02 Å². The third-order valence-electron chi connectivity index (χ3n) is 4.66. The van der Waals surface area contributed by atoms with Crippen LogP contribution in [0.15, 0.2) is 48.5 Å². The van der Waals surface area contributed by atoms with E-state index < -0.39 is 6.04 Å². The van der Waals surface area contributed by atoms with E-state index in [-0.39, 0.29) is 17.9 Å². The quantitative estimate of drug-likeness (QED) is 0.553. The Kier molecular flexibility index (Phi) is 9.18. The molecule has 0 bridgehead atoms. The van der Waals surface area contributed by atoms with Crippen molar-refractivity contribution in [1.82, 2.24) is 10.2 Å². The first-order valence-corrected chi connectivity index (χ1v) is 10.7. The molecule has 0 saturated carbocycles. The van der Waals surface area contributed by atoms with Gasteiger partial charge in [0, 0.05) is 24.0 Å². The minimum absolute atomic E-state index is 0.00554. The fourth-order valence-electron chi connectivity index (χ4n) is 3.01. The molecule has 0 aromatic heterocycles. The van der Waals surface area contributed by atoms with Crippen LogP contribution in [0.3, 0.4) is 0 Å². The summed E-state index contributed by atoms with van der Waals surface area (Å²) in [5.41, 5.74) is 2.05. The van der Waals surface area contributed by atoms with E-state index in [9.17, 15) is 9.59 Å². The Morgan fingerprint density at radius 1 is 1.10 bits per heavy atom. The molecule has 30 heavy (non-hydrogen) atoms. The van der Waals surface area contributed by atoms with E-state index >= 15 is 0 Å². The van der Waals surface area contributed by atoms with Gasteiger partial charge in [0.05, 0.1) is 6.61 Å². The van der Waals surface area contributed by atoms with E-state index in [2.05, 4.69) is 5.32 Å². The molecule has 5 nitrogen and oxygen atoms in total. The van der Waals surface area contributed by atoms with E-state index in [4.69, 9.17) is 16.3 Å². The lowest BCUT2D eigenvalue weighted by atomic mass is 10.1. The molecule has 1 N–H and O–H groups in total. The maximum absolute atomic E-state index is 13.0. The Bertz CT molecular complexity index is 837. The van der Waals surface area contributed by atoms with Crippen molar-refractivity contribution in [1.29, 1.82) is 0 Å². The summed E-state index contributed by atoms with van der Waals surface area (Å²) in [5, 5.41) is 3.49. The standard InChI is InChI=1S/C24H31ClN2O3/c1-17(2)26-24(29)19(4)27(16-20-7-5-8-21(25)15-20)23(28)9-6-14-30-22-12-10-18(3)11-13-22/h5,7-8,10-13,15,17,19H,6,9,14,16H2,1-4H3,(H,26,29). The minimum Gasteiger partial charge on any atom is -0.494 e. The Morgan fingerprint density at radius 2 is 1.80 bits per heavy atom. The smallest absolute Gasteiger partial charge is 0.242 e. The molecule has 6 heteroatoms. The summed E-state index contributed by atoms with van der Waals surface area (Å²) in [4.78, 5) is 27.1. The predicted octanol–water partition coefficient (Wildman–Crippen LogP) is 4.75. The van der Waals surface area contributed by atoms with Crippen LogP contribution in [0.1, 0.15) is 44.7 Å². The normalized spacial score (nSPS) is 11.8. The molecule has 1 unspecified atom stereocenters. The molecule has 0 heterocycles. The van der Waals surface area contributed by atoms with E-state index in [1.807, 2.05) is 63.2 Å². The number of hydrogen-bond acceptors (Lipinski definition) is 3. The van der Waals surface area contributed by atoms with Crippen LogP contribution in [0.5, 0.6) is 5.75 Å². The summed E-state index contributed by atoms with van der Waals surface area (Å²) in [5.74, 6) is 0.527. The monoisotopic (exact) mass is 430 g/mol. The molecule has 0 fully saturated rings. The highest BCUT2D eigenvalue weighted by Gasteiger charge is 2.26. The van der Waals surface area contributed by atoms with Gasteiger partial charge in [-0.25, -0.2) is 0 Å². The van der Waals surface area contributed by atoms with Crippen LogP contribution in [0.25, 0.3) is 0 Å². The number of nitrogens with one attached hydrogen (secondary N) is 1. The second kappa shape index (κ2) is 11.6. The molecule has 0 aliphatic rings. The van der Waals surface area contributed by atoms with E-state index in [0.29, 0.717) is 31.0 Å². The average molecular weight is 431 g/mol. The Morgan fingerprint density at radius 3 is 2.43 bits per heavy atom. The maximum Gasteiger partial charge on any atom is 0.242 e. The number of hydrogen-bond donors (Lipinski definition) is 1. The molecule has 1 atom stereocenters. The van der Waals surface area contributed by atoms with Crippen LogP contribution in [0, 0.1) is 6.92 Å². The topological polar surface area (TPSA) is 58.6 Å². The summed E-state index contributed by atoms with van der Waals surface area (Å²) in [6, 6.07) is 14.6. The molecule has 2 aromatic rings. The van der Waals surface area contributed by atoms with Crippen molar-refractivity contribution in [3.05, 3.63) is 64.7 Å². The van der Waals surface area contributed by atoms with Gasteiger partial charge in [0.1, 0.15) is 11.8 Å². The van der Waals surface area contributed by atoms with Crippen molar-refractivity contribution in [3.63, 3.8) is 0 Å². The van der Waals surface area contributed by atoms with Gasteiger partial charge < -0.3 is 15.0 Å². The second-order valence-corrected chi connectivity index (χ2v) is 8.19. The largest absolute Gasteiger partial charge is 0.494 e. The fraction of sp³-hybridized carbons (Fsp3) is 0.417.